The van der Waals surface area contributed by atoms with E-state index in [2.05, 4.69) is 9.88 Å². The molecule has 1 heterocycles. The number of nitrogen functional groups attached to an aromatic ring is 1. The van der Waals surface area contributed by atoms with Gasteiger partial charge in [-0.2, -0.15) is 0 Å². The lowest BCUT2D eigenvalue weighted by Gasteiger charge is -2.35. The lowest BCUT2D eigenvalue weighted by molar-refractivity contribution is 0.0465. The molecule has 0 unspecified atom stereocenters. The Balaban J connectivity index is 1.90. The highest BCUT2D eigenvalue weighted by atomic mass is 16.3. The second kappa shape index (κ2) is 4.06. The summed E-state index contributed by atoms with van der Waals surface area (Å²) in [4.78, 5) is 6.21. The number of anilines is 2. The van der Waals surface area contributed by atoms with Crippen molar-refractivity contribution in [1.82, 2.24) is 4.98 Å². The fraction of sp³-hybridized carbons (Fsp3) is 0.545. The van der Waals surface area contributed by atoms with E-state index in [0.29, 0.717) is 11.7 Å². The van der Waals surface area contributed by atoms with Crippen molar-refractivity contribution in [3.05, 3.63) is 18.3 Å². The van der Waals surface area contributed by atoms with Crippen molar-refractivity contribution in [2.24, 2.45) is 5.92 Å². The molecule has 0 radical (unpaired) electrons. The Hall–Kier alpha value is -1.29. The molecule has 1 aliphatic rings. The van der Waals surface area contributed by atoms with Crippen LogP contribution in [0.3, 0.4) is 0 Å². The number of pyridine rings is 1. The van der Waals surface area contributed by atoms with E-state index in [1.54, 1.807) is 12.3 Å². The van der Waals surface area contributed by atoms with E-state index in [9.17, 15) is 5.11 Å². The Labute approximate surface area is 89.7 Å². The zero-order valence-corrected chi connectivity index (χ0v) is 8.93. The summed E-state index contributed by atoms with van der Waals surface area (Å²) in [5, 5.41) is 9.19. The third kappa shape index (κ3) is 2.39. The molecule has 1 fully saturated rings. The topological polar surface area (TPSA) is 62.4 Å². The number of hydrogen-bond donors (Lipinski definition) is 2. The van der Waals surface area contributed by atoms with Crippen molar-refractivity contribution in [2.75, 3.05) is 24.2 Å². The summed E-state index contributed by atoms with van der Waals surface area (Å²) < 4.78 is 0. The average Bonchev–Trinajstić information content (AvgIpc) is 2.16. The molecule has 0 bridgehead atoms. The van der Waals surface area contributed by atoms with Crippen LogP contribution < -0.4 is 10.6 Å². The Kier molecular flexibility index (Phi) is 2.77. The normalized spacial score (nSPS) is 24.7. The predicted molar refractivity (Wildman–Crippen MR) is 60.7 cm³/mol. The SMILES string of the molecule is CN(CC1CC(O)C1)c1ccc(N)nc1. The zero-order chi connectivity index (χ0) is 10.8. The number of rotatable bonds is 3. The summed E-state index contributed by atoms with van der Waals surface area (Å²) in [6.45, 7) is 0.975. The quantitative estimate of drug-likeness (QED) is 0.772. The molecule has 0 aliphatic heterocycles. The number of aromatic nitrogens is 1. The van der Waals surface area contributed by atoms with E-state index in [1.807, 2.05) is 13.1 Å². The van der Waals surface area contributed by atoms with Gasteiger partial charge in [-0.25, -0.2) is 4.98 Å². The molecular weight excluding hydrogens is 190 g/mol. The van der Waals surface area contributed by atoms with E-state index in [1.165, 1.54) is 0 Å². The molecule has 0 saturated heterocycles. The number of hydrogen-bond acceptors (Lipinski definition) is 4. The lowest BCUT2D eigenvalue weighted by Crippen LogP contribution is -2.37. The summed E-state index contributed by atoms with van der Waals surface area (Å²) in [6, 6.07) is 3.78. The van der Waals surface area contributed by atoms with Gasteiger partial charge in [-0.05, 0) is 30.9 Å². The highest BCUT2D eigenvalue weighted by Crippen LogP contribution is 2.28. The average molecular weight is 207 g/mol. The standard InChI is InChI=1S/C11H17N3O/c1-14(7-8-4-10(15)5-8)9-2-3-11(12)13-6-9/h2-3,6,8,10,15H,4-5,7H2,1H3,(H2,12,13). The fourth-order valence-corrected chi connectivity index (χ4v) is 1.97. The van der Waals surface area contributed by atoms with Gasteiger partial charge in [-0.15, -0.1) is 0 Å². The van der Waals surface area contributed by atoms with Crippen LogP contribution in [-0.2, 0) is 0 Å². The molecule has 1 aliphatic carbocycles. The lowest BCUT2D eigenvalue weighted by atomic mass is 9.82. The van der Waals surface area contributed by atoms with Gasteiger partial charge in [-0.1, -0.05) is 0 Å². The van der Waals surface area contributed by atoms with Gasteiger partial charge >= 0.3 is 0 Å². The summed E-state index contributed by atoms with van der Waals surface area (Å²) in [5.74, 6) is 1.16. The fourth-order valence-electron chi connectivity index (χ4n) is 1.97. The zero-order valence-electron chi connectivity index (χ0n) is 8.93. The van der Waals surface area contributed by atoms with Gasteiger partial charge in [0, 0.05) is 13.6 Å². The molecule has 4 nitrogen and oxygen atoms in total. The maximum absolute atomic E-state index is 9.19. The third-order valence-corrected chi connectivity index (χ3v) is 2.95. The summed E-state index contributed by atoms with van der Waals surface area (Å²) >= 11 is 0. The molecule has 1 saturated carbocycles. The molecule has 15 heavy (non-hydrogen) atoms. The molecule has 82 valence electrons. The van der Waals surface area contributed by atoms with Crippen molar-refractivity contribution in [2.45, 2.75) is 18.9 Å². The van der Waals surface area contributed by atoms with Crippen molar-refractivity contribution < 1.29 is 5.11 Å². The van der Waals surface area contributed by atoms with Gasteiger partial charge in [0.1, 0.15) is 5.82 Å². The molecule has 1 aromatic heterocycles. The van der Waals surface area contributed by atoms with Crippen LogP contribution in [0.5, 0.6) is 0 Å². The minimum atomic E-state index is -0.0760. The van der Waals surface area contributed by atoms with Crippen LogP contribution in [0.2, 0.25) is 0 Å². The van der Waals surface area contributed by atoms with Gasteiger partial charge in [0.15, 0.2) is 0 Å². The van der Waals surface area contributed by atoms with Crippen LogP contribution in [0.25, 0.3) is 0 Å². The van der Waals surface area contributed by atoms with Gasteiger partial charge in [0.05, 0.1) is 18.0 Å². The molecular formula is C11H17N3O. The first-order valence-electron chi connectivity index (χ1n) is 5.26. The first-order chi connectivity index (χ1) is 7.15. The van der Waals surface area contributed by atoms with E-state index in [0.717, 1.165) is 25.1 Å². The molecule has 0 aromatic carbocycles. The molecule has 1 aromatic rings. The highest BCUT2D eigenvalue weighted by molar-refractivity contribution is 5.47. The van der Waals surface area contributed by atoms with Crippen LogP contribution in [0, 0.1) is 5.92 Å². The Morgan fingerprint density at radius 1 is 1.53 bits per heavy atom. The second-order valence-electron chi connectivity index (χ2n) is 4.31. The van der Waals surface area contributed by atoms with Crippen molar-refractivity contribution in [3.8, 4) is 0 Å². The van der Waals surface area contributed by atoms with Crippen LogP contribution in [0.15, 0.2) is 18.3 Å². The van der Waals surface area contributed by atoms with Crippen molar-refractivity contribution in [3.63, 3.8) is 0 Å². The first kappa shape index (κ1) is 10.2. The first-order valence-corrected chi connectivity index (χ1v) is 5.26. The van der Waals surface area contributed by atoms with Gasteiger partial charge in [0.25, 0.3) is 0 Å². The summed E-state index contributed by atoms with van der Waals surface area (Å²) in [7, 11) is 2.04. The van der Waals surface area contributed by atoms with Crippen LogP contribution >= 0.6 is 0 Å². The smallest absolute Gasteiger partial charge is 0.123 e. The Morgan fingerprint density at radius 3 is 2.80 bits per heavy atom. The van der Waals surface area contributed by atoms with Crippen molar-refractivity contribution >= 4 is 11.5 Å². The van der Waals surface area contributed by atoms with Gasteiger partial charge in [-0.3, -0.25) is 0 Å². The number of nitrogens with zero attached hydrogens (tertiary/aromatic N) is 2. The second-order valence-corrected chi connectivity index (χ2v) is 4.31. The van der Waals surface area contributed by atoms with E-state index in [-0.39, 0.29) is 6.10 Å². The molecule has 0 atom stereocenters. The predicted octanol–water partition coefficient (Wildman–Crippen LogP) is 0.871. The monoisotopic (exact) mass is 207 g/mol. The Bertz CT molecular complexity index is 319. The minimum Gasteiger partial charge on any atom is -0.393 e. The van der Waals surface area contributed by atoms with Crippen LogP contribution in [0.1, 0.15) is 12.8 Å². The van der Waals surface area contributed by atoms with Crippen LogP contribution in [-0.4, -0.2) is 29.8 Å². The summed E-state index contributed by atoms with van der Waals surface area (Å²) in [5.41, 5.74) is 6.60. The summed E-state index contributed by atoms with van der Waals surface area (Å²) in [6.07, 6.45) is 3.55. The molecule has 0 spiro atoms. The number of aliphatic hydroxyl groups is 1. The number of aliphatic hydroxyl groups excluding tert-OH is 1. The van der Waals surface area contributed by atoms with E-state index in [4.69, 9.17) is 5.73 Å². The van der Waals surface area contributed by atoms with Crippen molar-refractivity contribution in [1.29, 1.82) is 0 Å². The van der Waals surface area contributed by atoms with Crippen LogP contribution in [0.4, 0.5) is 11.5 Å². The minimum absolute atomic E-state index is 0.0760. The third-order valence-electron chi connectivity index (χ3n) is 2.95. The largest absolute Gasteiger partial charge is 0.393 e. The highest BCUT2D eigenvalue weighted by Gasteiger charge is 2.27. The maximum Gasteiger partial charge on any atom is 0.123 e. The number of nitrogens with two attached hydrogens (primary N) is 1. The molecule has 3 N–H and O–H groups in total. The van der Waals surface area contributed by atoms with Gasteiger partial charge in [0.2, 0.25) is 0 Å². The van der Waals surface area contributed by atoms with E-state index >= 15 is 0 Å². The van der Waals surface area contributed by atoms with Gasteiger partial charge < -0.3 is 15.7 Å². The Morgan fingerprint density at radius 2 is 2.27 bits per heavy atom. The molecule has 0 amide bonds. The molecule has 4 heteroatoms. The van der Waals surface area contributed by atoms with E-state index < -0.39 is 0 Å². The molecule has 2 rings (SSSR count). The maximum atomic E-state index is 9.19.